The van der Waals surface area contributed by atoms with Gasteiger partial charge in [0.05, 0.1) is 4.90 Å². The Labute approximate surface area is 131 Å². The van der Waals surface area contributed by atoms with Crippen molar-refractivity contribution in [1.82, 2.24) is 4.31 Å². The van der Waals surface area contributed by atoms with E-state index in [-0.39, 0.29) is 6.04 Å². The van der Waals surface area contributed by atoms with E-state index in [4.69, 9.17) is 0 Å². The van der Waals surface area contributed by atoms with E-state index in [0.717, 1.165) is 30.2 Å². The molecule has 0 aliphatic heterocycles. The van der Waals surface area contributed by atoms with Gasteiger partial charge in [-0.1, -0.05) is 35.7 Å². The van der Waals surface area contributed by atoms with Crippen LogP contribution in [0, 0.1) is 0 Å². The summed E-state index contributed by atoms with van der Waals surface area (Å²) in [5, 5.41) is 0. The first kappa shape index (κ1) is 15.5. The standard InChI is InChI=1S/C13H17Br2NO2S/c1-2-16(11-5-3-4-6-11)19(17,18)13-8-7-10(14)9-12(13)15/h7-9,11H,2-6H2,1H3. The van der Waals surface area contributed by atoms with E-state index in [1.165, 1.54) is 0 Å². The first-order chi connectivity index (χ1) is 8.96. The lowest BCUT2D eigenvalue weighted by molar-refractivity contribution is 0.335. The fraction of sp³-hybridized carbons (Fsp3) is 0.538. The monoisotopic (exact) mass is 409 g/mol. The summed E-state index contributed by atoms with van der Waals surface area (Å²) in [6.07, 6.45) is 4.19. The Bertz CT molecular complexity index is 554. The van der Waals surface area contributed by atoms with E-state index in [0.29, 0.717) is 15.9 Å². The van der Waals surface area contributed by atoms with E-state index in [9.17, 15) is 8.42 Å². The van der Waals surface area contributed by atoms with Crippen LogP contribution in [0.25, 0.3) is 0 Å². The Morgan fingerprint density at radius 1 is 1.26 bits per heavy atom. The molecule has 0 amide bonds. The van der Waals surface area contributed by atoms with Crippen LogP contribution in [-0.4, -0.2) is 25.3 Å². The third-order valence-electron chi connectivity index (χ3n) is 3.52. The predicted octanol–water partition coefficient (Wildman–Crippen LogP) is 4.16. The SMILES string of the molecule is CCN(C1CCCC1)S(=O)(=O)c1ccc(Br)cc1Br. The minimum Gasteiger partial charge on any atom is -0.207 e. The summed E-state index contributed by atoms with van der Waals surface area (Å²) >= 11 is 6.70. The van der Waals surface area contributed by atoms with Crippen LogP contribution in [-0.2, 0) is 10.0 Å². The number of sulfonamides is 1. The highest BCUT2D eigenvalue weighted by Crippen LogP contribution is 2.32. The average molecular weight is 411 g/mol. The van der Waals surface area contributed by atoms with Crippen molar-refractivity contribution in [3.63, 3.8) is 0 Å². The molecule has 1 saturated carbocycles. The molecule has 0 N–H and O–H groups in total. The Morgan fingerprint density at radius 3 is 2.42 bits per heavy atom. The van der Waals surface area contributed by atoms with Gasteiger partial charge in [-0.3, -0.25) is 0 Å². The minimum absolute atomic E-state index is 0.158. The molecule has 2 rings (SSSR count). The zero-order chi connectivity index (χ0) is 14.0. The van der Waals surface area contributed by atoms with Gasteiger partial charge >= 0.3 is 0 Å². The largest absolute Gasteiger partial charge is 0.244 e. The van der Waals surface area contributed by atoms with Crippen LogP contribution < -0.4 is 0 Å². The summed E-state index contributed by atoms with van der Waals surface area (Å²) in [6.45, 7) is 2.43. The number of rotatable bonds is 4. The minimum atomic E-state index is -3.42. The number of nitrogens with zero attached hydrogens (tertiary/aromatic N) is 1. The van der Waals surface area contributed by atoms with Crippen molar-refractivity contribution in [1.29, 1.82) is 0 Å². The molecule has 1 aromatic rings. The number of halogens is 2. The molecule has 0 aromatic heterocycles. The first-order valence-corrected chi connectivity index (χ1v) is 9.46. The molecule has 106 valence electrons. The Hall–Kier alpha value is 0.0900. The normalized spacial score (nSPS) is 17.3. The second kappa shape index (κ2) is 6.24. The third kappa shape index (κ3) is 3.23. The molecule has 1 fully saturated rings. The van der Waals surface area contributed by atoms with Crippen molar-refractivity contribution in [3.8, 4) is 0 Å². The summed E-state index contributed by atoms with van der Waals surface area (Å²) in [5.41, 5.74) is 0. The van der Waals surface area contributed by atoms with Gasteiger partial charge in [0.25, 0.3) is 0 Å². The Morgan fingerprint density at radius 2 is 1.89 bits per heavy atom. The van der Waals surface area contributed by atoms with Gasteiger partial charge in [0, 0.05) is 21.5 Å². The fourth-order valence-corrected chi connectivity index (χ4v) is 6.03. The molecule has 0 unspecified atom stereocenters. The first-order valence-electron chi connectivity index (χ1n) is 6.43. The van der Waals surface area contributed by atoms with Crippen LogP contribution >= 0.6 is 31.9 Å². The van der Waals surface area contributed by atoms with Gasteiger partial charge in [-0.05, 0) is 47.0 Å². The Balaban J connectivity index is 2.39. The van der Waals surface area contributed by atoms with E-state index in [1.54, 1.807) is 22.5 Å². The fourth-order valence-electron chi connectivity index (χ4n) is 2.63. The molecule has 6 heteroatoms. The van der Waals surface area contributed by atoms with Crippen LogP contribution in [0.3, 0.4) is 0 Å². The highest BCUT2D eigenvalue weighted by atomic mass is 79.9. The maximum atomic E-state index is 12.8. The summed E-state index contributed by atoms with van der Waals surface area (Å²) in [7, 11) is -3.42. The zero-order valence-corrected chi connectivity index (χ0v) is 14.8. The lowest BCUT2D eigenvalue weighted by Gasteiger charge is -2.27. The molecule has 0 bridgehead atoms. The molecule has 0 heterocycles. The van der Waals surface area contributed by atoms with E-state index >= 15 is 0 Å². The molecule has 0 saturated heterocycles. The lowest BCUT2D eigenvalue weighted by Crippen LogP contribution is -2.38. The molecule has 1 aromatic carbocycles. The van der Waals surface area contributed by atoms with Crippen LogP contribution in [0.4, 0.5) is 0 Å². The summed E-state index contributed by atoms with van der Waals surface area (Å²) in [6, 6.07) is 5.35. The highest BCUT2D eigenvalue weighted by molar-refractivity contribution is 9.11. The van der Waals surface area contributed by atoms with Gasteiger partial charge in [0.1, 0.15) is 0 Å². The maximum Gasteiger partial charge on any atom is 0.244 e. The molecule has 1 aliphatic rings. The molecular formula is C13H17Br2NO2S. The van der Waals surface area contributed by atoms with Crippen LogP contribution in [0.2, 0.25) is 0 Å². The molecule has 1 aliphatic carbocycles. The van der Waals surface area contributed by atoms with E-state index in [2.05, 4.69) is 31.9 Å². The molecule has 0 spiro atoms. The average Bonchev–Trinajstić information content (AvgIpc) is 2.82. The lowest BCUT2D eigenvalue weighted by atomic mass is 10.2. The smallest absolute Gasteiger partial charge is 0.207 e. The molecule has 3 nitrogen and oxygen atoms in total. The van der Waals surface area contributed by atoms with Gasteiger partial charge in [0.15, 0.2) is 0 Å². The quantitative estimate of drug-likeness (QED) is 0.746. The maximum absolute atomic E-state index is 12.8. The van der Waals surface area contributed by atoms with Crippen LogP contribution in [0.5, 0.6) is 0 Å². The van der Waals surface area contributed by atoms with Gasteiger partial charge in [0.2, 0.25) is 10.0 Å². The van der Waals surface area contributed by atoms with Crippen molar-refractivity contribution in [2.24, 2.45) is 0 Å². The van der Waals surface area contributed by atoms with Crippen molar-refractivity contribution >= 4 is 41.9 Å². The third-order valence-corrected chi connectivity index (χ3v) is 7.02. The number of hydrogen-bond acceptors (Lipinski definition) is 2. The van der Waals surface area contributed by atoms with Crippen molar-refractivity contribution < 1.29 is 8.42 Å². The summed E-state index contributed by atoms with van der Waals surface area (Å²) in [5.74, 6) is 0. The molecule has 19 heavy (non-hydrogen) atoms. The summed E-state index contributed by atoms with van der Waals surface area (Å²) in [4.78, 5) is 0.351. The second-order valence-electron chi connectivity index (χ2n) is 4.72. The van der Waals surface area contributed by atoms with Gasteiger partial charge in [-0.2, -0.15) is 4.31 Å². The van der Waals surface area contributed by atoms with Gasteiger partial charge < -0.3 is 0 Å². The number of benzene rings is 1. The topological polar surface area (TPSA) is 37.4 Å². The van der Waals surface area contributed by atoms with Gasteiger partial charge in [-0.25, -0.2) is 8.42 Å². The predicted molar refractivity (Wildman–Crippen MR) is 83.7 cm³/mol. The molecular weight excluding hydrogens is 394 g/mol. The van der Waals surface area contributed by atoms with Crippen molar-refractivity contribution in [3.05, 3.63) is 27.1 Å². The van der Waals surface area contributed by atoms with E-state index < -0.39 is 10.0 Å². The second-order valence-corrected chi connectivity index (χ2v) is 8.35. The van der Waals surface area contributed by atoms with Crippen molar-refractivity contribution in [2.75, 3.05) is 6.54 Å². The van der Waals surface area contributed by atoms with E-state index in [1.807, 2.05) is 6.92 Å². The van der Waals surface area contributed by atoms with Crippen LogP contribution in [0.1, 0.15) is 32.6 Å². The van der Waals surface area contributed by atoms with Gasteiger partial charge in [-0.15, -0.1) is 0 Å². The molecule has 0 atom stereocenters. The molecule has 0 radical (unpaired) electrons. The Kier molecular flexibility index (Phi) is 5.09. The van der Waals surface area contributed by atoms with Crippen molar-refractivity contribution in [2.45, 2.75) is 43.5 Å². The highest BCUT2D eigenvalue weighted by Gasteiger charge is 2.33. The number of hydrogen-bond donors (Lipinski definition) is 0. The summed E-state index contributed by atoms with van der Waals surface area (Å²) < 4.78 is 28.6. The zero-order valence-electron chi connectivity index (χ0n) is 10.8. The van der Waals surface area contributed by atoms with Crippen LogP contribution in [0.15, 0.2) is 32.0 Å².